The number of nitrogens with one attached hydrogen (secondary N) is 1. The maximum Gasteiger partial charge on any atom is 0.417 e. The lowest BCUT2D eigenvalue weighted by Crippen LogP contribution is -2.44. The molecule has 1 saturated carbocycles. The Balaban J connectivity index is 1.71. The molecule has 0 bridgehead atoms. The zero-order chi connectivity index (χ0) is 23.6. The first-order valence-corrected chi connectivity index (χ1v) is 10.8. The zero-order valence-corrected chi connectivity index (χ0v) is 18.2. The van der Waals surface area contributed by atoms with Gasteiger partial charge in [0.2, 0.25) is 0 Å². The summed E-state index contributed by atoms with van der Waals surface area (Å²) in [5, 5.41) is 13.4. The molecule has 1 aliphatic carbocycles. The van der Waals surface area contributed by atoms with Crippen molar-refractivity contribution in [2.45, 2.75) is 43.5 Å². The van der Waals surface area contributed by atoms with Gasteiger partial charge in [-0.2, -0.15) is 13.2 Å². The largest absolute Gasteiger partial charge is 0.417 e. The molecule has 5 nitrogen and oxygen atoms in total. The standard InChI is InChI=1S/C24H21ClF3N3O2/c25-20-18(7-4-8-19(20)24(26,27)28)22(32)31-21(23(33)9-1-2-10-23)16-6-3-5-15(11-16)17-12-29-14-30-13-17/h3-8,11-14,21,33H,1-2,9-10H2,(H,31,32). The quantitative estimate of drug-likeness (QED) is 0.504. The van der Waals surface area contributed by atoms with Crippen LogP contribution in [0.2, 0.25) is 5.02 Å². The second-order valence-electron chi connectivity index (χ2n) is 8.13. The van der Waals surface area contributed by atoms with E-state index in [0.29, 0.717) is 18.4 Å². The predicted molar refractivity (Wildman–Crippen MR) is 118 cm³/mol. The maximum absolute atomic E-state index is 13.3. The molecule has 33 heavy (non-hydrogen) atoms. The van der Waals surface area contributed by atoms with E-state index in [-0.39, 0.29) is 5.56 Å². The van der Waals surface area contributed by atoms with E-state index in [1.54, 1.807) is 24.5 Å². The third-order valence-corrected chi connectivity index (χ3v) is 6.35. The smallest absolute Gasteiger partial charge is 0.387 e. The number of rotatable bonds is 5. The van der Waals surface area contributed by atoms with Crippen LogP contribution in [0.1, 0.15) is 53.2 Å². The number of carbonyl (C=O) groups excluding carboxylic acids is 1. The van der Waals surface area contributed by atoms with Gasteiger partial charge >= 0.3 is 6.18 Å². The van der Waals surface area contributed by atoms with E-state index in [1.807, 2.05) is 12.1 Å². The molecule has 4 rings (SSSR count). The predicted octanol–water partition coefficient (Wildman–Crippen LogP) is 5.59. The average molecular weight is 476 g/mol. The first-order valence-electron chi connectivity index (χ1n) is 10.4. The number of hydrogen-bond acceptors (Lipinski definition) is 4. The van der Waals surface area contributed by atoms with Gasteiger partial charge in [-0.25, -0.2) is 9.97 Å². The van der Waals surface area contributed by atoms with Crippen LogP contribution in [-0.2, 0) is 6.18 Å². The summed E-state index contributed by atoms with van der Waals surface area (Å²) in [6, 6.07) is 9.57. The molecule has 1 atom stereocenters. The van der Waals surface area contributed by atoms with Crippen molar-refractivity contribution in [2.75, 3.05) is 0 Å². The van der Waals surface area contributed by atoms with E-state index >= 15 is 0 Å². The van der Waals surface area contributed by atoms with Gasteiger partial charge in [-0.3, -0.25) is 4.79 Å². The van der Waals surface area contributed by atoms with E-state index in [0.717, 1.165) is 36.1 Å². The summed E-state index contributed by atoms with van der Waals surface area (Å²) < 4.78 is 39.8. The number of aromatic nitrogens is 2. The fraction of sp³-hybridized carbons (Fsp3) is 0.292. The van der Waals surface area contributed by atoms with Crippen LogP contribution >= 0.6 is 11.6 Å². The molecular weight excluding hydrogens is 455 g/mol. The summed E-state index contributed by atoms with van der Waals surface area (Å²) in [5.41, 5.74) is -0.466. The second kappa shape index (κ2) is 9.11. The molecule has 1 aromatic heterocycles. The fourth-order valence-electron chi connectivity index (χ4n) is 4.28. The SMILES string of the molecule is O=C(NC(c1cccc(-c2cncnc2)c1)C1(O)CCCC1)c1cccc(C(F)(F)F)c1Cl. The molecule has 2 aromatic carbocycles. The van der Waals surface area contributed by atoms with Crippen LogP contribution in [0.15, 0.2) is 61.2 Å². The number of halogens is 4. The maximum atomic E-state index is 13.3. The highest BCUT2D eigenvalue weighted by Crippen LogP contribution is 2.41. The number of carbonyl (C=O) groups is 1. The first kappa shape index (κ1) is 23.2. The first-order chi connectivity index (χ1) is 15.7. The Morgan fingerprint density at radius 3 is 2.39 bits per heavy atom. The third kappa shape index (κ3) is 4.86. The summed E-state index contributed by atoms with van der Waals surface area (Å²) in [5.74, 6) is -0.787. The van der Waals surface area contributed by atoms with Gasteiger partial charge in [0.05, 0.1) is 27.8 Å². The molecule has 9 heteroatoms. The molecule has 3 aromatic rings. The van der Waals surface area contributed by atoms with E-state index in [9.17, 15) is 23.1 Å². The van der Waals surface area contributed by atoms with Gasteiger partial charge in [0.1, 0.15) is 6.33 Å². The van der Waals surface area contributed by atoms with E-state index in [2.05, 4.69) is 15.3 Å². The van der Waals surface area contributed by atoms with Gasteiger partial charge in [0.25, 0.3) is 5.91 Å². The summed E-state index contributed by atoms with van der Waals surface area (Å²) >= 11 is 5.96. The Labute approximate surface area is 193 Å². The molecule has 0 aliphatic heterocycles. The average Bonchev–Trinajstić information content (AvgIpc) is 3.24. The van der Waals surface area contributed by atoms with Gasteiger partial charge in [-0.15, -0.1) is 0 Å². The highest BCUT2D eigenvalue weighted by molar-refractivity contribution is 6.34. The van der Waals surface area contributed by atoms with Crippen molar-refractivity contribution in [3.63, 3.8) is 0 Å². The Bertz CT molecular complexity index is 1150. The highest BCUT2D eigenvalue weighted by Gasteiger charge is 2.42. The van der Waals surface area contributed by atoms with Crippen LogP contribution < -0.4 is 5.32 Å². The number of aliphatic hydroxyl groups is 1. The lowest BCUT2D eigenvalue weighted by atomic mass is 9.85. The minimum absolute atomic E-state index is 0.300. The van der Waals surface area contributed by atoms with Crippen LogP contribution in [0.4, 0.5) is 13.2 Å². The van der Waals surface area contributed by atoms with Gasteiger partial charge < -0.3 is 10.4 Å². The third-order valence-electron chi connectivity index (χ3n) is 5.94. The van der Waals surface area contributed by atoms with Crippen LogP contribution in [0.5, 0.6) is 0 Å². The molecule has 1 aliphatic rings. The summed E-state index contributed by atoms with van der Waals surface area (Å²) in [6.07, 6.45) is 2.47. The van der Waals surface area contributed by atoms with Crippen LogP contribution in [0.25, 0.3) is 11.1 Å². The van der Waals surface area contributed by atoms with Gasteiger partial charge in [-0.1, -0.05) is 48.7 Å². The monoisotopic (exact) mass is 475 g/mol. The molecule has 1 amide bonds. The summed E-state index contributed by atoms with van der Waals surface area (Å²) in [4.78, 5) is 21.1. The summed E-state index contributed by atoms with van der Waals surface area (Å²) in [6.45, 7) is 0. The molecule has 2 N–H and O–H groups in total. The van der Waals surface area contributed by atoms with Crippen molar-refractivity contribution in [2.24, 2.45) is 0 Å². The van der Waals surface area contributed by atoms with Crippen molar-refractivity contribution in [3.8, 4) is 11.1 Å². The van der Waals surface area contributed by atoms with Crippen molar-refractivity contribution in [1.29, 1.82) is 0 Å². The van der Waals surface area contributed by atoms with Crippen molar-refractivity contribution in [3.05, 3.63) is 82.9 Å². The molecule has 172 valence electrons. The minimum atomic E-state index is -4.69. The second-order valence-corrected chi connectivity index (χ2v) is 8.51. The Morgan fingerprint density at radius 2 is 1.73 bits per heavy atom. The lowest BCUT2D eigenvalue weighted by Gasteiger charge is -2.34. The van der Waals surface area contributed by atoms with Crippen LogP contribution in [0.3, 0.4) is 0 Å². The van der Waals surface area contributed by atoms with E-state index in [1.165, 1.54) is 12.4 Å². The normalized spacial score (nSPS) is 16.4. The number of amides is 1. The van der Waals surface area contributed by atoms with Crippen molar-refractivity contribution >= 4 is 17.5 Å². The number of hydrogen-bond donors (Lipinski definition) is 2. The van der Waals surface area contributed by atoms with Crippen LogP contribution in [0, 0.1) is 0 Å². The number of nitrogens with zero attached hydrogens (tertiary/aromatic N) is 2. The summed E-state index contributed by atoms with van der Waals surface area (Å²) in [7, 11) is 0. The Kier molecular flexibility index (Phi) is 6.41. The van der Waals surface area contributed by atoms with Gasteiger partial charge in [0, 0.05) is 18.0 Å². The molecule has 1 fully saturated rings. The van der Waals surface area contributed by atoms with Crippen molar-refractivity contribution < 1.29 is 23.1 Å². The molecule has 0 spiro atoms. The van der Waals surface area contributed by atoms with E-state index < -0.39 is 34.3 Å². The van der Waals surface area contributed by atoms with E-state index in [4.69, 9.17) is 11.6 Å². The molecule has 0 saturated heterocycles. The number of benzene rings is 2. The zero-order valence-electron chi connectivity index (χ0n) is 17.4. The van der Waals surface area contributed by atoms with Crippen LogP contribution in [-0.4, -0.2) is 26.6 Å². The lowest BCUT2D eigenvalue weighted by molar-refractivity contribution is -0.137. The minimum Gasteiger partial charge on any atom is -0.387 e. The van der Waals surface area contributed by atoms with Gasteiger partial charge in [0.15, 0.2) is 0 Å². The highest BCUT2D eigenvalue weighted by atomic mass is 35.5. The fourth-order valence-corrected chi connectivity index (χ4v) is 4.60. The molecule has 1 unspecified atom stereocenters. The molecule has 0 radical (unpaired) electrons. The molecular formula is C24H21ClF3N3O2. The topological polar surface area (TPSA) is 75.1 Å². The Morgan fingerprint density at radius 1 is 1.06 bits per heavy atom. The van der Waals surface area contributed by atoms with Crippen molar-refractivity contribution in [1.82, 2.24) is 15.3 Å². The van der Waals surface area contributed by atoms with Gasteiger partial charge in [-0.05, 0) is 42.2 Å². The number of alkyl halides is 3. The Hall–Kier alpha value is -2.97. The molecule has 1 heterocycles.